The SMILES string of the molecule is CN=C(NCCc1ccccn1)NCC1(c2cccs2)CCCCC1.I. The van der Waals surface area contributed by atoms with Crippen LogP contribution in [0.4, 0.5) is 0 Å². The molecule has 1 saturated carbocycles. The average Bonchev–Trinajstić information content (AvgIpc) is 3.21. The highest BCUT2D eigenvalue weighted by molar-refractivity contribution is 14.0. The van der Waals surface area contributed by atoms with E-state index in [0.717, 1.165) is 31.2 Å². The van der Waals surface area contributed by atoms with Crippen LogP contribution >= 0.6 is 35.3 Å². The van der Waals surface area contributed by atoms with Crippen molar-refractivity contribution < 1.29 is 0 Å². The molecule has 0 bridgehead atoms. The first-order chi connectivity index (χ1) is 12.3. The molecule has 2 aromatic rings. The second-order valence-corrected chi connectivity index (χ2v) is 7.69. The molecule has 1 aliphatic rings. The standard InChI is InChI=1S/C20H28N4S.HI/c1-21-19(23-14-10-17-8-3-6-13-22-17)24-16-20(11-4-2-5-12-20)18-9-7-15-25-18;/h3,6-9,13,15H,2,4-5,10-12,14,16H2,1H3,(H2,21,23,24);1H. The van der Waals surface area contributed by atoms with E-state index in [1.54, 1.807) is 0 Å². The lowest BCUT2D eigenvalue weighted by atomic mass is 9.73. The first-order valence-corrected chi connectivity index (χ1v) is 10.1. The molecule has 0 aromatic carbocycles. The lowest BCUT2D eigenvalue weighted by molar-refractivity contribution is 0.296. The molecule has 6 heteroatoms. The molecule has 3 rings (SSSR count). The first-order valence-electron chi connectivity index (χ1n) is 9.21. The summed E-state index contributed by atoms with van der Waals surface area (Å²) < 4.78 is 0. The number of pyridine rings is 1. The zero-order valence-electron chi connectivity index (χ0n) is 15.4. The predicted octanol–water partition coefficient (Wildman–Crippen LogP) is 4.37. The topological polar surface area (TPSA) is 49.3 Å². The lowest BCUT2D eigenvalue weighted by Gasteiger charge is -2.37. The second kappa shape index (κ2) is 10.9. The van der Waals surface area contributed by atoms with Gasteiger partial charge in [0.05, 0.1) is 0 Å². The monoisotopic (exact) mass is 484 g/mol. The number of nitrogens with zero attached hydrogens (tertiary/aromatic N) is 2. The molecule has 0 aliphatic heterocycles. The molecular formula is C20H29IN4S. The van der Waals surface area contributed by atoms with E-state index in [2.05, 4.69) is 44.2 Å². The largest absolute Gasteiger partial charge is 0.356 e. The fourth-order valence-electron chi connectivity index (χ4n) is 3.65. The first kappa shape index (κ1) is 21.2. The Morgan fingerprint density at radius 1 is 1.15 bits per heavy atom. The summed E-state index contributed by atoms with van der Waals surface area (Å²) in [4.78, 5) is 10.3. The van der Waals surface area contributed by atoms with Gasteiger partial charge in [0, 0.05) is 48.7 Å². The van der Waals surface area contributed by atoms with Crippen LogP contribution in [-0.4, -0.2) is 31.1 Å². The van der Waals surface area contributed by atoms with E-state index in [1.165, 1.54) is 37.0 Å². The number of hydrogen-bond acceptors (Lipinski definition) is 3. The average molecular weight is 484 g/mol. The molecule has 2 N–H and O–H groups in total. The minimum Gasteiger partial charge on any atom is -0.356 e. The smallest absolute Gasteiger partial charge is 0.191 e. The highest BCUT2D eigenvalue weighted by Crippen LogP contribution is 2.41. The predicted molar refractivity (Wildman–Crippen MR) is 122 cm³/mol. The zero-order chi connectivity index (χ0) is 17.4. The van der Waals surface area contributed by atoms with Crippen LogP contribution in [-0.2, 0) is 11.8 Å². The maximum absolute atomic E-state index is 4.39. The molecule has 4 nitrogen and oxygen atoms in total. The van der Waals surface area contributed by atoms with Crippen molar-refractivity contribution >= 4 is 41.3 Å². The van der Waals surface area contributed by atoms with E-state index in [9.17, 15) is 0 Å². The molecule has 0 radical (unpaired) electrons. The number of aromatic nitrogens is 1. The fourth-order valence-corrected chi connectivity index (χ4v) is 4.63. The van der Waals surface area contributed by atoms with Crippen molar-refractivity contribution in [3.63, 3.8) is 0 Å². The van der Waals surface area contributed by atoms with Crippen LogP contribution in [0, 0.1) is 0 Å². The molecule has 142 valence electrons. The van der Waals surface area contributed by atoms with Gasteiger partial charge in [0.2, 0.25) is 0 Å². The number of nitrogens with one attached hydrogen (secondary N) is 2. The Kier molecular flexibility index (Phi) is 8.84. The highest BCUT2D eigenvalue weighted by atomic mass is 127. The van der Waals surface area contributed by atoms with Crippen molar-refractivity contribution in [2.45, 2.75) is 43.9 Å². The Labute approximate surface area is 177 Å². The van der Waals surface area contributed by atoms with Gasteiger partial charge >= 0.3 is 0 Å². The van der Waals surface area contributed by atoms with Crippen LogP contribution in [0.25, 0.3) is 0 Å². The molecule has 0 spiro atoms. The molecule has 26 heavy (non-hydrogen) atoms. The molecule has 2 aromatic heterocycles. The Bertz CT molecular complexity index is 652. The van der Waals surface area contributed by atoms with E-state index in [0.29, 0.717) is 0 Å². The van der Waals surface area contributed by atoms with Gasteiger partial charge in [-0.1, -0.05) is 31.4 Å². The lowest BCUT2D eigenvalue weighted by Crippen LogP contribution is -2.46. The number of guanidine groups is 1. The van der Waals surface area contributed by atoms with Gasteiger partial charge in [0.25, 0.3) is 0 Å². The van der Waals surface area contributed by atoms with Gasteiger partial charge in [-0.05, 0) is 36.4 Å². The Morgan fingerprint density at radius 2 is 2.00 bits per heavy atom. The van der Waals surface area contributed by atoms with Crippen LogP contribution in [0.5, 0.6) is 0 Å². The van der Waals surface area contributed by atoms with E-state index >= 15 is 0 Å². The Hall–Kier alpha value is -1.15. The molecular weight excluding hydrogens is 455 g/mol. The fraction of sp³-hybridized carbons (Fsp3) is 0.500. The molecule has 1 fully saturated rings. The quantitative estimate of drug-likeness (QED) is 0.364. The summed E-state index contributed by atoms with van der Waals surface area (Å²) in [5.41, 5.74) is 1.37. The third-order valence-corrected chi connectivity index (χ3v) is 6.19. The van der Waals surface area contributed by atoms with E-state index in [4.69, 9.17) is 0 Å². The number of aliphatic imine (C=N–C) groups is 1. The van der Waals surface area contributed by atoms with Crippen LogP contribution < -0.4 is 10.6 Å². The van der Waals surface area contributed by atoms with Gasteiger partial charge in [0.15, 0.2) is 5.96 Å². The van der Waals surface area contributed by atoms with Crippen LogP contribution in [0.2, 0.25) is 0 Å². The second-order valence-electron chi connectivity index (χ2n) is 6.74. The summed E-state index contributed by atoms with van der Waals surface area (Å²) in [5, 5.41) is 9.20. The van der Waals surface area contributed by atoms with Gasteiger partial charge in [-0.2, -0.15) is 0 Å². The summed E-state index contributed by atoms with van der Waals surface area (Å²) in [6.45, 7) is 1.79. The maximum Gasteiger partial charge on any atom is 0.191 e. The van der Waals surface area contributed by atoms with Gasteiger partial charge in [-0.25, -0.2) is 0 Å². The van der Waals surface area contributed by atoms with E-state index in [1.807, 2.05) is 36.7 Å². The summed E-state index contributed by atoms with van der Waals surface area (Å²) in [6, 6.07) is 10.5. The van der Waals surface area contributed by atoms with Crippen molar-refractivity contribution in [1.29, 1.82) is 0 Å². The molecule has 0 saturated heterocycles. The van der Waals surface area contributed by atoms with Crippen LogP contribution in [0.1, 0.15) is 42.7 Å². The number of hydrogen-bond donors (Lipinski definition) is 2. The summed E-state index contributed by atoms with van der Waals surface area (Å²) in [6.07, 6.45) is 9.30. The maximum atomic E-state index is 4.39. The molecule has 0 atom stereocenters. The van der Waals surface area contributed by atoms with Crippen molar-refractivity contribution in [3.8, 4) is 0 Å². The van der Waals surface area contributed by atoms with Crippen molar-refractivity contribution in [2.24, 2.45) is 4.99 Å². The van der Waals surface area contributed by atoms with Crippen molar-refractivity contribution in [1.82, 2.24) is 15.6 Å². The van der Waals surface area contributed by atoms with Crippen LogP contribution in [0.3, 0.4) is 0 Å². The van der Waals surface area contributed by atoms with Crippen molar-refractivity contribution in [3.05, 3.63) is 52.5 Å². The molecule has 0 amide bonds. The summed E-state index contributed by atoms with van der Waals surface area (Å²) in [7, 11) is 1.84. The summed E-state index contributed by atoms with van der Waals surface area (Å²) in [5.74, 6) is 0.887. The van der Waals surface area contributed by atoms with Gasteiger partial charge in [0.1, 0.15) is 0 Å². The zero-order valence-corrected chi connectivity index (χ0v) is 18.6. The molecule has 2 heterocycles. The van der Waals surface area contributed by atoms with Gasteiger partial charge in [-0.3, -0.25) is 9.98 Å². The molecule has 0 unspecified atom stereocenters. The van der Waals surface area contributed by atoms with Gasteiger partial charge < -0.3 is 10.6 Å². The third-order valence-electron chi connectivity index (χ3n) is 5.07. The van der Waals surface area contributed by atoms with E-state index in [-0.39, 0.29) is 29.4 Å². The minimum absolute atomic E-state index is 0. The number of halogens is 1. The van der Waals surface area contributed by atoms with Crippen molar-refractivity contribution in [2.75, 3.05) is 20.1 Å². The highest BCUT2D eigenvalue weighted by Gasteiger charge is 2.34. The third kappa shape index (κ3) is 5.67. The minimum atomic E-state index is 0. The summed E-state index contributed by atoms with van der Waals surface area (Å²) >= 11 is 1.89. The normalized spacial score (nSPS) is 16.6. The molecule has 1 aliphatic carbocycles. The Balaban J connectivity index is 0.00000243. The van der Waals surface area contributed by atoms with Crippen LogP contribution in [0.15, 0.2) is 46.9 Å². The van der Waals surface area contributed by atoms with Gasteiger partial charge in [-0.15, -0.1) is 35.3 Å². The van der Waals surface area contributed by atoms with E-state index < -0.39 is 0 Å². The Morgan fingerprint density at radius 3 is 2.65 bits per heavy atom. The number of rotatable bonds is 6. The number of thiophene rings is 1.